The molecule has 3 N–H and O–H groups in total. The summed E-state index contributed by atoms with van der Waals surface area (Å²) in [5.41, 5.74) is 6.99. The molecule has 0 bridgehead atoms. The summed E-state index contributed by atoms with van der Waals surface area (Å²) in [6.45, 7) is 3.05. The normalized spacial score (nSPS) is 12.3. The fourth-order valence-electron chi connectivity index (χ4n) is 2.01. The maximum absolute atomic E-state index is 12.9. The van der Waals surface area contributed by atoms with Crippen molar-refractivity contribution in [2.45, 2.75) is 24.3 Å². The van der Waals surface area contributed by atoms with E-state index in [9.17, 15) is 4.39 Å². The van der Waals surface area contributed by atoms with Gasteiger partial charge in [0.25, 0.3) is 0 Å². The van der Waals surface area contributed by atoms with Crippen LogP contribution in [0, 0.1) is 5.82 Å². The monoisotopic (exact) mass is 305 g/mol. The average molecular weight is 305 g/mol. The van der Waals surface area contributed by atoms with Crippen molar-refractivity contribution in [2.75, 3.05) is 18.0 Å². The van der Waals surface area contributed by atoms with E-state index in [1.165, 1.54) is 12.1 Å². The summed E-state index contributed by atoms with van der Waals surface area (Å²) in [5, 5.41) is 3.49. The molecule has 0 aliphatic heterocycles. The Morgan fingerprint density at radius 1 is 1.29 bits per heavy atom. The van der Waals surface area contributed by atoms with Crippen LogP contribution >= 0.6 is 11.8 Å². The van der Waals surface area contributed by atoms with Crippen LogP contribution in [0.2, 0.25) is 0 Å². The van der Waals surface area contributed by atoms with Gasteiger partial charge >= 0.3 is 0 Å². The van der Waals surface area contributed by atoms with Crippen LogP contribution in [0.3, 0.4) is 0 Å². The number of nitrogens with zero attached hydrogens (tertiary/aromatic N) is 1. The lowest BCUT2D eigenvalue weighted by atomic mass is 10.1. The third kappa shape index (κ3) is 4.72. The zero-order chi connectivity index (χ0) is 15.1. The van der Waals surface area contributed by atoms with Crippen LogP contribution in [0.25, 0.3) is 0 Å². The minimum absolute atomic E-state index is 0.133. The van der Waals surface area contributed by atoms with Gasteiger partial charge in [-0.3, -0.25) is 0 Å². The molecule has 1 heterocycles. The van der Waals surface area contributed by atoms with Gasteiger partial charge in [0.05, 0.1) is 0 Å². The molecule has 1 aromatic heterocycles. The van der Waals surface area contributed by atoms with Crippen LogP contribution in [-0.4, -0.2) is 17.3 Å². The van der Waals surface area contributed by atoms with Gasteiger partial charge in [-0.25, -0.2) is 9.37 Å². The summed E-state index contributed by atoms with van der Waals surface area (Å²) in [5.74, 6) is 1.17. The first-order chi connectivity index (χ1) is 10.2. The van der Waals surface area contributed by atoms with E-state index in [-0.39, 0.29) is 11.9 Å². The maximum Gasteiger partial charge on any atom is 0.128 e. The third-order valence-electron chi connectivity index (χ3n) is 3.12. The van der Waals surface area contributed by atoms with Crippen molar-refractivity contribution in [1.29, 1.82) is 0 Å². The van der Waals surface area contributed by atoms with Crippen LogP contribution in [0.5, 0.6) is 0 Å². The van der Waals surface area contributed by atoms with Gasteiger partial charge in [-0.05, 0) is 43.3 Å². The quantitative estimate of drug-likeness (QED) is 0.767. The largest absolute Gasteiger partial charge is 0.383 e. The van der Waals surface area contributed by atoms with Gasteiger partial charge in [0.2, 0.25) is 0 Å². The van der Waals surface area contributed by atoms with E-state index in [0.717, 1.165) is 29.2 Å². The van der Waals surface area contributed by atoms with Crippen molar-refractivity contribution in [2.24, 2.45) is 0 Å². The maximum atomic E-state index is 12.9. The molecule has 0 saturated heterocycles. The number of thioether (sulfide) groups is 1. The predicted octanol–water partition coefficient (Wildman–Crippen LogP) is 3.64. The van der Waals surface area contributed by atoms with Crippen LogP contribution in [-0.2, 0) is 0 Å². The number of hydrogen-bond acceptors (Lipinski definition) is 4. The number of aromatic nitrogens is 1. The molecule has 2 aromatic rings. The lowest BCUT2D eigenvalue weighted by Crippen LogP contribution is -2.25. The molecule has 21 heavy (non-hydrogen) atoms. The molecule has 1 unspecified atom stereocenters. The second-order valence-electron chi connectivity index (χ2n) is 4.75. The van der Waals surface area contributed by atoms with Gasteiger partial charge in [0.1, 0.15) is 11.6 Å². The highest BCUT2D eigenvalue weighted by Crippen LogP contribution is 2.27. The number of nitrogen functional groups attached to an aromatic ring is 1. The molecule has 1 atom stereocenters. The number of benzene rings is 1. The first kappa shape index (κ1) is 15.8. The number of nitrogens with two attached hydrogens (primary N) is 1. The minimum atomic E-state index is -0.212. The number of nitrogens with one attached hydrogen (secondary N) is 1. The molecule has 0 amide bonds. The van der Waals surface area contributed by atoms with Crippen molar-refractivity contribution >= 4 is 17.6 Å². The fraction of sp³-hybridized carbons (Fsp3) is 0.312. The summed E-state index contributed by atoms with van der Waals surface area (Å²) in [6.07, 6.45) is 2.75. The highest BCUT2D eigenvalue weighted by Gasteiger charge is 2.14. The first-order valence-electron chi connectivity index (χ1n) is 7.03. The molecule has 3 nitrogen and oxygen atoms in total. The van der Waals surface area contributed by atoms with Crippen molar-refractivity contribution in [1.82, 2.24) is 10.3 Å². The minimum Gasteiger partial charge on any atom is -0.383 e. The van der Waals surface area contributed by atoms with Gasteiger partial charge in [0, 0.05) is 28.5 Å². The second kappa shape index (κ2) is 8.00. The molecular formula is C16H20FN3S. The topological polar surface area (TPSA) is 50.9 Å². The molecule has 0 saturated carbocycles. The standard InChI is InChI=1S/C16H20FN3S/c1-2-9-19-15(14-4-3-10-20-16(14)18)11-21-13-7-5-12(17)6-8-13/h3-8,10,15,19H,2,9,11H2,1H3,(H2,18,20). The van der Waals surface area contributed by atoms with Gasteiger partial charge < -0.3 is 11.1 Å². The lowest BCUT2D eigenvalue weighted by molar-refractivity contribution is 0.577. The Hall–Kier alpha value is -1.59. The summed E-state index contributed by atoms with van der Waals surface area (Å²) >= 11 is 1.68. The first-order valence-corrected chi connectivity index (χ1v) is 8.01. The van der Waals surface area contributed by atoms with Crippen molar-refractivity contribution < 1.29 is 4.39 Å². The van der Waals surface area contributed by atoms with E-state index in [1.807, 2.05) is 12.1 Å². The molecule has 2 rings (SSSR count). The van der Waals surface area contributed by atoms with Gasteiger partial charge in [-0.15, -0.1) is 11.8 Å². The van der Waals surface area contributed by atoms with E-state index in [1.54, 1.807) is 30.1 Å². The van der Waals surface area contributed by atoms with Gasteiger partial charge in [-0.1, -0.05) is 13.0 Å². The van der Waals surface area contributed by atoms with Crippen LogP contribution in [0.4, 0.5) is 10.2 Å². The highest BCUT2D eigenvalue weighted by molar-refractivity contribution is 7.99. The van der Waals surface area contributed by atoms with Crippen LogP contribution in [0.1, 0.15) is 24.9 Å². The number of anilines is 1. The molecule has 0 radical (unpaired) electrons. The molecule has 0 aliphatic rings. The van der Waals surface area contributed by atoms with Crippen molar-refractivity contribution in [3.05, 3.63) is 54.0 Å². The fourth-order valence-corrected chi connectivity index (χ4v) is 3.00. The highest BCUT2D eigenvalue weighted by atomic mass is 32.2. The van der Waals surface area contributed by atoms with E-state index in [4.69, 9.17) is 5.73 Å². The Balaban J connectivity index is 2.06. The summed E-state index contributed by atoms with van der Waals surface area (Å²) in [6, 6.07) is 10.6. The Labute approximate surface area is 129 Å². The molecule has 1 aromatic carbocycles. The predicted molar refractivity (Wildman–Crippen MR) is 86.8 cm³/mol. The Bertz CT molecular complexity index is 560. The second-order valence-corrected chi connectivity index (χ2v) is 5.84. The lowest BCUT2D eigenvalue weighted by Gasteiger charge is -2.19. The summed E-state index contributed by atoms with van der Waals surface area (Å²) < 4.78 is 12.9. The van der Waals surface area contributed by atoms with Crippen molar-refractivity contribution in [3.63, 3.8) is 0 Å². The SMILES string of the molecule is CCCNC(CSc1ccc(F)cc1)c1cccnc1N. The van der Waals surface area contributed by atoms with Gasteiger partial charge in [-0.2, -0.15) is 0 Å². The molecule has 0 aliphatic carbocycles. The molecule has 5 heteroatoms. The zero-order valence-electron chi connectivity index (χ0n) is 12.1. The van der Waals surface area contributed by atoms with E-state index >= 15 is 0 Å². The van der Waals surface area contributed by atoms with Crippen molar-refractivity contribution in [3.8, 4) is 0 Å². The molecule has 112 valence electrons. The molecular weight excluding hydrogens is 285 g/mol. The van der Waals surface area contributed by atoms with Crippen LogP contribution in [0.15, 0.2) is 47.5 Å². The van der Waals surface area contributed by atoms with E-state index in [0.29, 0.717) is 5.82 Å². The Kier molecular flexibility index (Phi) is 6.02. The third-order valence-corrected chi connectivity index (χ3v) is 4.22. The summed E-state index contributed by atoms with van der Waals surface area (Å²) in [4.78, 5) is 5.20. The molecule has 0 fully saturated rings. The number of hydrogen-bond donors (Lipinski definition) is 2. The number of pyridine rings is 1. The number of halogens is 1. The molecule has 0 spiro atoms. The van der Waals surface area contributed by atoms with Gasteiger partial charge in [0.15, 0.2) is 0 Å². The van der Waals surface area contributed by atoms with E-state index in [2.05, 4.69) is 17.2 Å². The average Bonchev–Trinajstić information content (AvgIpc) is 2.50. The Morgan fingerprint density at radius 3 is 2.71 bits per heavy atom. The summed E-state index contributed by atoms with van der Waals surface area (Å²) in [7, 11) is 0. The Morgan fingerprint density at radius 2 is 2.05 bits per heavy atom. The zero-order valence-corrected chi connectivity index (χ0v) is 12.9. The smallest absolute Gasteiger partial charge is 0.128 e. The number of rotatable bonds is 7. The van der Waals surface area contributed by atoms with E-state index < -0.39 is 0 Å². The van der Waals surface area contributed by atoms with Crippen LogP contribution < -0.4 is 11.1 Å².